The number of nitrogens with one attached hydrogen (secondary N) is 2. The van der Waals surface area contributed by atoms with Crippen LogP contribution in [-0.4, -0.2) is 42.6 Å². The van der Waals surface area contributed by atoms with Crippen LogP contribution in [0.5, 0.6) is 0 Å². The summed E-state index contributed by atoms with van der Waals surface area (Å²) in [6, 6.07) is 11.9. The van der Waals surface area contributed by atoms with Gasteiger partial charge in [0.05, 0.1) is 0 Å². The quantitative estimate of drug-likeness (QED) is 0.400. The molecule has 136 valence electrons. The molecule has 2 unspecified atom stereocenters. The first-order valence-corrected chi connectivity index (χ1v) is 9.05. The van der Waals surface area contributed by atoms with E-state index in [-0.39, 0.29) is 24.0 Å². The number of hydrogen-bond donors (Lipinski definition) is 2. The van der Waals surface area contributed by atoms with Crippen molar-refractivity contribution in [1.82, 2.24) is 15.5 Å². The van der Waals surface area contributed by atoms with Crippen LogP contribution in [0.4, 0.5) is 0 Å². The van der Waals surface area contributed by atoms with Gasteiger partial charge in [0.1, 0.15) is 0 Å². The molecule has 1 aliphatic rings. The van der Waals surface area contributed by atoms with Crippen LogP contribution in [0.3, 0.4) is 0 Å². The Hall–Kier alpha value is -0.820. The van der Waals surface area contributed by atoms with Crippen molar-refractivity contribution in [3.05, 3.63) is 35.9 Å². The zero-order valence-electron chi connectivity index (χ0n) is 15.3. The molecule has 1 fully saturated rings. The van der Waals surface area contributed by atoms with E-state index in [0.29, 0.717) is 12.1 Å². The van der Waals surface area contributed by atoms with Gasteiger partial charge in [0.15, 0.2) is 5.96 Å². The predicted molar refractivity (Wildman–Crippen MR) is 114 cm³/mol. The number of nitrogens with zero attached hydrogens (tertiary/aromatic N) is 2. The second-order valence-corrected chi connectivity index (χ2v) is 6.43. The van der Waals surface area contributed by atoms with Gasteiger partial charge in [-0.05, 0) is 38.7 Å². The lowest BCUT2D eigenvalue weighted by Crippen LogP contribution is -2.51. The zero-order valence-corrected chi connectivity index (χ0v) is 17.6. The molecule has 24 heavy (non-hydrogen) atoms. The van der Waals surface area contributed by atoms with Gasteiger partial charge in [-0.15, -0.1) is 24.0 Å². The van der Waals surface area contributed by atoms with Gasteiger partial charge in [0.25, 0.3) is 0 Å². The van der Waals surface area contributed by atoms with Gasteiger partial charge < -0.3 is 10.6 Å². The molecule has 2 atom stereocenters. The molecule has 0 bridgehead atoms. The number of benzene rings is 1. The monoisotopic (exact) mass is 444 g/mol. The summed E-state index contributed by atoms with van der Waals surface area (Å²) in [6.07, 6.45) is 3.43. The molecule has 0 amide bonds. The molecule has 0 radical (unpaired) electrons. The third-order valence-corrected chi connectivity index (χ3v) is 4.42. The third-order valence-electron chi connectivity index (χ3n) is 4.42. The van der Waals surface area contributed by atoms with Crippen LogP contribution in [-0.2, 0) is 6.54 Å². The highest BCUT2D eigenvalue weighted by Gasteiger charge is 2.25. The second-order valence-electron chi connectivity index (χ2n) is 6.43. The zero-order chi connectivity index (χ0) is 16.5. The lowest BCUT2D eigenvalue weighted by atomic mass is 9.97. The molecule has 4 nitrogen and oxygen atoms in total. The van der Waals surface area contributed by atoms with Crippen LogP contribution in [0.25, 0.3) is 0 Å². The fourth-order valence-corrected chi connectivity index (χ4v) is 3.14. The molecular weight excluding hydrogens is 411 g/mol. The Labute approximate surface area is 164 Å². The highest BCUT2D eigenvalue weighted by atomic mass is 127. The maximum absolute atomic E-state index is 4.62. The Balaban J connectivity index is 0.00000288. The molecule has 0 aromatic heterocycles. The van der Waals surface area contributed by atoms with Crippen molar-refractivity contribution in [2.75, 3.05) is 19.6 Å². The summed E-state index contributed by atoms with van der Waals surface area (Å²) in [5.74, 6) is 0.975. The van der Waals surface area contributed by atoms with Crippen molar-refractivity contribution in [3.8, 4) is 0 Å². The van der Waals surface area contributed by atoms with Gasteiger partial charge in [0, 0.05) is 38.3 Å². The molecule has 0 saturated carbocycles. The van der Waals surface area contributed by atoms with E-state index >= 15 is 0 Å². The molecular formula is C19H33IN4. The molecule has 1 heterocycles. The van der Waals surface area contributed by atoms with E-state index in [0.717, 1.165) is 38.6 Å². The third kappa shape index (κ3) is 6.97. The first-order valence-electron chi connectivity index (χ1n) is 9.05. The number of piperidine rings is 1. The van der Waals surface area contributed by atoms with Crippen molar-refractivity contribution in [3.63, 3.8) is 0 Å². The van der Waals surface area contributed by atoms with Gasteiger partial charge in [0.2, 0.25) is 0 Å². The van der Waals surface area contributed by atoms with E-state index in [1.807, 2.05) is 0 Å². The maximum atomic E-state index is 4.62. The average molecular weight is 444 g/mol. The van der Waals surface area contributed by atoms with E-state index < -0.39 is 0 Å². The van der Waals surface area contributed by atoms with Gasteiger partial charge in [-0.25, -0.2) is 0 Å². The van der Waals surface area contributed by atoms with E-state index in [2.05, 4.69) is 71.6 Å². The van der Waals surface area contributed by atoms with Crippen molar-refractivity contribution >= 4 is 29.9 Å². The Morgan fingerprint density at radius 2 is 2.00 bits per heavy atom. The molecule has 1 saturated heterocycles. The minimum atomic E-state index is 0. The number of aliphatic imine (C=N–C) groups is 1. The Kier molecular flexibility index (Phi) is 10.3. The van der Waals surface area contributed by atoms with Crippen LogP contribution < -0.4 is 10.6 Å². The van der Waals surface area contributed by atoms with Crippen molar-refractivity contribution < 1.29 is 0 Å². The summed E-state index contributed by atoms with van der Waals surface area (Å²) < 4.78 is 0. The van der Waals surface area contributed by atoms with E-state index in [9.17, 15) is 0 Å². The van der Waals surface area contributed by atoms with Crippen molar-refractivity contribution in [2.45, 2.75) is 58.7 Å². The fourth-order valence-electron chi connectivity index (χ4n) is 3.14. The largest absolute Gasteiger partial charge is 0.357 e. The average Bonchev–Trinajstić information content (AvgIpc) is 2.56. The summed E-state index contributed by atoms with van der Waals surface area (Å²) in [5.41, 5.74) is 1.41. The van der Waals surface area contributed by atoms with Crippen molar-refractivity contribution in [1.29, 1.82) is 0 Å². The Bertz CT molecular complexity index is 478. The first kappa shape index (κ1) is 21.2. The molecule has 1 aromatic carbocycles. The van der Waals surface area contributed by atoms with Crippen molar-refractivity contribution in [2.24, 2.45) is 4.99 Å². The standard InChI is InChI=1S/C19H32N4.HI/c1-4-12-21-19(20-5-2)22-18-11-13-23(16(3)14-18)15-17-9-7-6-8-10-17;/h6-10,16,18H,4-5,11-15H2,1-3H3,(H2,20,21,22);1H. The highest BCUT2D eigenvalue weighted by Crippen LogP contribution is 2.19. The Morgan fingerprint density at radius 1 is 1.25 bits per heavy atom. The van der Waals surface area contributed by atoms with Crippen LogP contribution in [0.2, 0.25) is 0 Å². The van der Waals surface area contributed by atoms with Gasteiger partial charge in [-0.2, -0.15) is 0 Å². The maximum Gasteiger partial charge on any atom is 0.191 e. The smallest absolute Gasteiger partial charge is 0.191 e. The number of rotatable bonds is 6. The molecule has 2 N–H and O–H groups in total. The fraction of sp³-hybridized carbons (Fsp3) is 0.632. The number of halogens is 1. The van der Waals surface area contributed by atoms with Gasteiger partial charge in [-0.1, -0.05) is 37.3 Å². The lowest BCUT2D eigenvalue weighted by molar-refractivity contribution is 0.134. The number of hydrogen-bond acceptors (Lipinski definition) is 2. The highest BCUT2D eigenvalue weighted by molar-refractivity contribution is 14.0. The van der Waals surface area contributed by atoms with Gasteiger partial charge in [-0.3, -0.25) is 9.89 Å². The molecule has 0 spiro atoms. The number of guanidine groups is 1. The van der Waals surface area contributed by atoms with Crippen LogP contribution >= 0.6 is 24.0 Å². The normalized spacial score (nSPS) is 21.9. The van der Waals surface area contributed by atoms with Crippen LogP contribution in [0.1, 0.15) is 45.6 Å². The molecule has 2 rings (SSSR count). The molecule has 1 aliphatic heterocycles. The minimum Gasteiger partial charge on any atom is -0.357 e. The summed E-state index contributed by atoms with van der Waals surface area (Å²) in [5, 5.41) is 6.97. The van der Waals surface area contributed by atoms with E-state index in [4.69, 9.17) is 0 Å². The molecule has 0 aliphatic carbocycles. The Morgan fingerprint density at radius 3 is 2.62 bits per heavy atom. The minimum absolute atomic E-state index is 0. The summed E-state index contributed by atoms with van der Waals surface area (Å²) >= 11 is 0. The first-order chi connectivity index (χ1) is 11.2. The van der Waals surface area contributed by atoms with E-state index in [1.54, 1.807) is 0 Å². The summed E-state index contributed by atoms with van der Waals surface area (Å²) in [7, 11) is 0. The summed E-state index contributed by atoms with van der Waals surface area (Å²) in [4.78, 5) is 7.21. The lowest BCUT2D eigenvalue weighted by Gasteiger charge is -2.38. The van der Waals surface area contributed by atoms with Gasteiger partial charge >= 0.3 is 0 Å². The van der Waals surface area contributed by atoms with Crippen LogP contribution in [0, 0.1) is 0 Å². The number of likely N-dealkylation sites (tertiary alicyclic amines) is 1. The van der Waals surface area contributed by atoms with E-state index in [1.165, 1.54) is 18.4 Å². The summed E-state index contributed by atoms with van der Waals surface area (Å²) in [6.45, 7) is 10.6. The molecule has 1 aromatic rings. The molecule has 5 heteroatoms. The SMILES string of the molecule is CCCN=C(NCC)NC1CCN(Cc2ccccc2)C(C)C1.I. The second kappa shape index (κ2) is 11.7. The topological polar surface area (TPSA) is 39.7 Å². The predicted octanol–water partition coefficient (Wildman–Crippen LogP) is 3.62. The van der Waals surface area contributed by atoms with Crippen LogP contribution in [0.15, 0.2) is 35.3 Å².